The van der Waals surface area contributed by atoms with Gasteiger partial charge >= 0.3 is 6.03 Å². The van der Waals surface area contributed by atoms with Crippen molar-refractivity contribution in [1.82, 2.24) is 24.6 Å². The molecule has 0 fully saturated rings. The lowest BCUT2D eigenvalue weighted by molar-refractivity contribution is 0.249. The van der Waals surface area contributed by atoms with Crippen molar-refractivity contribution in [2.24, 2.45) is 0 Å². The highest BCUT2D eigenvalue weighted by Crippen LogP contribution is 2.17. The summed E-state index contributed by atoms with van der Waals surface area (Å²) in [6.45, 7) is 4.70. The summed E-state index contributed by atoms with van der Waals surface area (Å²) in [7, 11) is 0. The van der Waals surface area contributed by atoms with Crippen LogP contribution in [0.3, 0.4) is 0 Å². The summed E-state index contributed by atoms with van der Waals surface area (Å²) in [4.78, 5) is 16.2. The Labute approximate surface area is 140 Å². The van der Waals surface area contributed by atoms with E-state index in [2.05, 4.69) is 20.7 Å². The summed E-state index contributed by atoms with van der Waals surface area (Å²) in [5.74, 6) is 0. The molecule has 2 heterocycles. The van der Waals surface area contributed by atoms with E-state index >= 15 is 0 Å². The van der Waals surface area contributed by atoms with Crippen LogP contribution in [0.5, 0.6) is 0 Å². The van der Waals surface area contributed by atoms with Crippen LogP contribution in [0.4, 0.5) is 10.5 Å². The number of nitrogens with zero attached hydrogens (tertiary/aromatic N) is 4. The van der Waals surface area contributed by atoms with Gasteiger partial charge in [-0.15, -0.1) is 0 Å². The van der Waals surface area contributed by atoms with Crippen molar-refractivity contribution >= 4 is 11.7 Å². The summed E-state index contributed by atoms with van der Waals surface area (Å²) in [5.41, 5.74) is 2.69. The number of hydrogen-bond acceptors (Lipinski definition) is 3. The summed E-state index contributed by atoms with van der Waals surface area (Å²) in [6, 6.07) is 7.59. The maximum atomic E-state index is 12.1. The molecular weight excluding hydrogens is 304 g/mol. The number of rotatable bonds is 5. The van der Waals surface area contributed by atoms with Crippen molar-refractivity contribution in [1.29, 1.82) is 0 Å². The molecule has 0 bridgehead atoms. The molecule has 1 aromatic carbocycles. The first kappa shape index (κ1) is 15.8. The van der Waals surface area contributed by atoms with Gasteiger partial charge in [-0.25, -0.2) is 9.78 Å². The molecule has 2 amide bonds. The van der Waals surface area contributed by atoms with E-state index in [1.54, 1.807) is 29.6 Å². The first-order valence-corrected chi connectivity index (χ1v) is 7.84. The third-order valence-electron chi connectivity index (χ3n) is 3.74. The van der Waals surface area contributed by atoms with Gasteiger partial charge < -0.3 is 15.2 Å². The Kier molecular flexibility index (Phi) is 4.60. The minimum atomic E-state index is -0.258. The molecule has 7 nitrogen and oxygen atoms in total. The van der Waals surface area contributed by atoms with Crippen molar-refractivity contribution < 1.29 is 4.79 Å². The lowest BCUT2D eigenvalue weighted by Gasteiger charge is -2.15. The third kappa shape index (κ3) is 3.62. The van der Waals surface area contributed by atoms with Gasteiger partial charge in [-0.3, -0.25) is 4.68 Å². The highest BCUT2D eigenvalue weighted by Gasteiger charge is 2.11. The highest BCUT2D eigenvalue weighted by molar-refractivity contribution is 5.89. The first-order chi connectivity index (χ1) is 11.7. The lowest BCUT2D eigenvalue weighted by atomic mass is 10.1. The second-order valence-electron chi connectivity index (χ2n) is 5.47. The van der Waals surface area contributed by atoms with Gasteiger partial charge in [0, 0.05) is 30.8 Å². The van der Waals surface area contributed by atoms with Gasteiger partial charge in [0.05, 0.1) is 24.3 Å². The summed E-state index contributed by atoms with van der Waals surface area (Å²) in [5, 5.41) is 9.85. The Hall–Kier alpha value is -3.09. The Balaban J connectivity index is 1.65. The molecule has 124 valence electrons. The standard InChI is InChI=1S/C17H20N6O/c1-3-23-11-15(10-19-23)21-17(24)20-13(2)14-5-4-6-16(9-14)22-8-7-18-12-22/h4-13H,3H2,1-2H3,(H2,20,21,24)/t13-/m1/s1. The van der Waals surface area contributed by atoms with E-state index in [1.807, 2.05) is 48.9 Å². The third-order valence-corrected chi connectivity index (χ3v) is 3.74. The zero-order valence-corrected chi connectivity index (χ0v) is 13.7. The molecule has 0 aliphatic carbocycles. The van der Waals surface area contributed by atoms with Gasteiger partial charge in [-0.05, 0) is 31.5 Å². The number of carbonyl (C=O) groups excluding carboxylic acids is 1. The summed E-state index contributed by atoms with van der Waals surface area (Å²) >= 11 is 0. The number of aromatic nitrogens is 4. The molecule has 1 atom stereocenters. The molecule has 0 radical (unpaired) electrons. The van der Waals surface area contributed by atoms with E-state index in [4.69, 9.17) is 0 Å². The van der Waals surface area contributed by atoms with Crippen molar-refractivity contribution in [2.45, 2.75) is 26.4 Å². The minimum Gasteiger partial charge on any atom is -0.331 e. The van der Waals surface area contributed by atoms with Crippen molar-refractivity contribution in [2.75, 3.05) is 5.32 Å². The molecule has 0 saturated heterocycles. The van der Waals surface area contributed by atoms with E-state index in [0.717, 1.165) is 17.8 Å². The number of benzene rings is 1. The zero-order valence-electron chi connectivity index (χ0n) is 13.7. The van der Waals surface area contributed by atoms with E-state index in [0.29, 0.717) is 5.69 Å². The van der Waals surface area contributed by atoms with Crippen LogP contribution in [0.15, 0.2) is 55.4 Å². The maximum Gasteiger partial charge on any atom is 0.319 e. The molecule has 3 aromatic rings. The molecule has 24 heavy (non-hydrogen) atoms. The van der Waals surface area contributed by atoms with E-state index in [-0.39, 0.29) is 12.1 Å². The zero-order chi connectivity index (χ0) is 16.9. The number of aryl methyl sites for hydroxylation is 1. The van der Waals surface area contributed by atoms with Gasteiger partial charge in [-0.1, -0.05) is 12.1 Å². The average Bonchev–Trinajstić information content (AvgIpc) is 3.26. The molecular formula is C17H20N6O. The largest absolute Gasteiger partial charge is 0.331 e. The monoisotopic (exact) mass is 324 g/mol. The molecule has 2 N–H and O–H groups in total. The van der Waals surface area contributed by atoms with Gasteiger partial charge in [-0.2, -0.15) is 5.10 Å². The Morgan fingerprint density at radius 3 is 2.96 bits per heavy atom. The van der Waals surface area contributed by atoms with Crippen LogP contribution in [0, 0.1) is 0 Å². The lowest BCUT2D eigenvalue weighted by Crippen LogP contribution is -2.31. The second-order valence-corrected chi connectivity index (χ2v) is 5.47. The number of nitrogens with one attached hydrogen (secondary N) is 2. The first-order valence-electron chi connectivity index (χ1n) is 7.84. The van der Waals surface area contributed by atoms with E-state index in [9.17, 15) is 4.79 Å². The van der Waals surface area contributed by atoms with Gasteiger partial charge in [0.25, 0.3) is 0 Å². The van der Waals surface area contributed by atoms with Gasteiger partial charge in [0.15, 0.2) is 0 Å². The number of imidazole rings is 1. The van der Waals surface area contributed by atoms with Crippen molar-refractivity contribution in [3.8, 4) is 5.69 Å². The van der Waals surface area contributed by atoms with Crippen LogP contribution in [-0.4, -0.2) is 25.4 Å². The number of anilines is 1. The Bertz CT molecular complexity index is 808. The highest BCUT2D eigenvalue weighted by atomic mass is 16.2. The molecule has 2 aromatic heterocycles. The van der Waals surface area contributed by atoms with E-state index < -0.39 is 0 Å². The van der Waals surface area contributed by atoms with Gasteiger partial charge in [0.2, 0.25) is 0 Å². The SMILES string of the molecule is CCn1cc(NC(=O)N[C@H](C)c2cccc(-n3ccnc3)c2)cn1. The molecule has 0 spiro atoms. The fourth-order valence-corrected chi connectivity index (χ4v) is 2.41. The Morgan fingerprint density at radius 1 is 1.38 bits per heavy atom. The minimum absolute atomic E-state index is 0.130. The van der Waals surface area contributed by atoms with Crippen molar-refractivity contribution in [3.63, 3.8) is 0 Å². The predicted octanol–water partition coefficient (Wildman–Crippen LogP) is 2.97. The molecule has 0 saturated carbocycles. The fraction of sp³-hybridized carbons (Fsp3) is 0.235. The summed E-state index contributed by atoms with van der Waals surface area (Å²) < 4.78 is 3.68. The molecule has 0 unspecified atom stereocenters. The smallest absolute Gasteiger partial charge is 0.319 e. The predicted molar refractivity (Wildman–Crippen MR) is 92.0 cm³/mol. The normalized spacial score (nSPS) is 11.9. The number of amides is 2. The van der Waals surface area contributed by atoms with Crippen LogP contribution in [0.25, 0.3) is 5.69 Å². The van der Waals surface area contributed by atoms with Crippen LogP contribution in [0.1, 0.15) is 25.5 Å². The molecule has 0 aliphatic rings. The van der Waals surface area contributed by atoms with Crippen LogP contribution >= 0.6 is 0 Å². The van der Waals surface area contributed by atoms with E-state index in [1.165, 1.54) is 0 Å². The number of carbonyl (C=O) groups is 1. The topological polar surface area (TPSA) is 76.8 Å². The fourth-order valence-electron chi connectivity index (χ4n) is 2.41. The molecule has 7 heteroatoms. The quantitative estimate of drug-likeness (QED) is 0.757. The van der Waals surface area contributed by atoms with Crippen LogP contribution in [0.2, 0.25) is 0 Å². The van der Waals surface area contributed by atoms with Crippen LogP contribution in [-0.2, 0) is 6.54 Å². The van der Waals surface area contributed by atoms with Crippen LogP contribution < -0.4 is 10.6 Å². The average molecular weight is 324 g/mol. The molecule has 3 rings (SSSR count). The second kappa shape index (κ2) is 6.99. The summed E-state index contributed by atoms with van der Waals surface area (Å²) in [6.07, 6.45) is 8.79. The number of hydrogen-bond donors (Lipinski definition) is 2. The Morgan fingerprint density at radius 2 is 2.25 bits per heavy atom. The molecule has 0 aliphatic heterocycles. The number of urea groups is 1. The maximum absolute atomic E-state index is 12.1. The van der Waals surface area contributed by atoms with Gasteiger partial charge in [0.1, 0.15) is 0 Å². The van der Waals surface area contributed by atoms with Crippen molar-refractivity contribution in [3.05, 3.63) is 60.9 Å².